The summed E-state index contributed by atoms with van der Waals surface area (Å²) in [5.41, 5.74) is 0. The van der Waals surface area contributed by atoms with Gasteiger partial charge in [-0.3, -0.25) is 0 Å². The van der Waals surface area contributed by atoms with Gasteiger partial charge in [0.1, 0.15) is 6.04 Å². The van der Waals surface area contributed by atoms with E-state index in [9.17, 15) is 14.7 Å². The highest BCUT2D eigenvalue weighted by molar-refractivity contribution is 5.84. The van der Waals surface area contributed by atoms with Crippen LogP contribution >= 0.6 is 0 Å². The number of rotatable bonds is 6. The van der Waals surface area contributed by atoms with Crippen molar-refractivity contribution in [2.75, 3.05) is 6.54 Å². The molecule has 4 atom stereocenters. The van der Waals surface area contributed by atoms with Gasteiger partial charge >= 0.3 is 12.0 Å². The van der Waals surface area contributed by atoms with Crippen LogP contribution in [0.25, 0.3) is 0 Å². The van der Waals surface area contributed by atoms with Gasteiger partial charge in [-0.05, 0) is 38.0 Å². The molecule has 0 aromatic rings. The first-order valence-corrected chi connectivity index (χ1v) is 8.34. The van der Waals surface area contributed by atoms with Crippen LogP contribution in [0.5, 0.6) is 0 Å². The molecule has 2 fully saturated rings. The zero-order chi connectivity index (χ0) is 15.4. The summed E-state index contributed by atoms with van der Waals surface area (Å²) in [5, 5.41) is 12.4. The fraction of sp³-hybridized carbons (Fsp3) is 0.875. The standard InChI is InChI=1S/C16H28N2O3/c1-3-4-5-7-11(2)17-16(21)18-10-12-8-6-9-13(12)14(18)15(19)20/h11-14H,3-10H2,1-2H3,(H,17,21)(H,19,20). The van der Waals surface area contributed by atoms with E-state index in [0.29, 0.717) is 12.5 Å². The number of hydrogen-bond acceptors (Lipinski definition) is 2. The molecule has 5 heteroatoms. The number of carboxylic acid groups (broad SMARTS) is 1. The third-order valence-electron chi connectivity index (χ3n) is 5.01. The second kappa shape index (κ2) is 7.14. The maximum atomic E-state index is 12.4. The summed E-state index contributed by atoms with van der Waals surface area (Å²) in [4.78, 5) is 25.5. The van der Waals surface area contributed by atoms with Crippen LogP contribution in [-0.4, -0.2) is 40.6 Å². The first-order chi connectivity index (χ1) is 10.0. The predicted molar refractivity (Wildman–Crippen MR) is 81.1 cm³/mol. The molecule has 0 aromatic carbocycles. The number of urea groups is 1. The molecule has 1 saturated carbocycles. The molecule has 2 amide bonds. The van der Waals surface area contributed by atoms with Gasteiger partial charge in [0.25, 0.3) is 0 Å². The number of nitrogens with zero attached hydrogens (tertiary/aromatic N) is 1. The molecule has 21 heavy (non-hydrogen) atoms. The molecule has 1 aliphatic heterocycles. The van der Waals surface area contributed by atoms with Crippen LogP contribution in [-0.2, 0) is 4.79 Å². The quantitative estimate of drug-likeness (QED) is 0.740. The molecule has 5 nitrogen and oxygen atoms in total. The van der Waals surface area contributed by atoms with Crippen LogP contribution in [0.3, 0.4) is 0 Å². The fourth-order valence-electron chi connectivity index (χ4n) is 3.90. The third-order valence-corrected chi connectivity index (χ3v) is 5.01. The highest BCUT2D eigenvalue weighted by atomic mass is 16.4. The number of carboxylic acids is 1. The van der Waals surface area contributed by atoms with Crippen molar-refractivity contribution < 1.29 is 14.7 Å². The summed E-state index contributed by atoms with van der Waals surface area (Å²) in [6.07, 6.45) is 7.50. The Bertz CT molecular complexity index is 386. The van der Waals surface area contributed by atoms with E-state index < -0.39 is 12.0 Å². The van der Waals surface area contributed by atoms with Crippen LogP contribution in [0.15, 0.2) is 0 Å². The lowest BCUT2D eigenvalue weighted by Gasteiger charge is -2.26. The van der Waals surface area contributed by atoms with Crippen LogP contribution < -0.4 is 5.32 Å². The van der Waals surface area contributed by atoms with E-state index in [0.717, 1.165) is 38.5 Å². The lowest BCUT2D eigenvalue weighted by atomic mass is 9.94. The number of carbonyl (C=O) groups is 2. The number of amides is 2. The van der Waals surface area contributed by atoms with Crippen LogP contribution in [0, 0.1) is 11.8 Å². The van der Waals surface area contributed by atoms with Crippen molar-refractivity contribution in [3.8, 4) is 0 Å². The van der Waals surface area contributed by atoms with Gasteiger partial charge in [-0.2, -0.15) is 0 Å². The van der Waals surface area contributed by atoms with Gasteiger partial charge < -0.3 is 15.3 Å². The minimum atomic E-state index is -0.849. The molecule has 1 saturated heterocycles. The van der Waals surface area contributed by atoms with Crippen molar-refractivity contribution in [1.29, 1.82) is 0 Å². The van der Waals surface area contributed by atoms with Crippen LogP contribution in [0.4, 0.5) is 4.79 Å². The van der Waals surface area contributed by atoms with Gasteiger partial charge in [-0.15, -0.1) is 0 Å². The van der Waals surface area contributed by atoms with E-state index >= 15 is 0 Å². The Hall–Kier alpha value is -1.26. The van der Waals surface area contributed by atoms with Gasteiger partial charge in [-0.1, -0.05) is 32.6 Å². The van der Waals surface area contributed by atoms with E-state index in [1.165, 1.54) is 6.42 Å². The van der Waals surface area contributed by atoms with Crippen molar-refractivity contribution in [1.82, 2.24) is 10.2 Å². The normalized spacial score (nSPS) is 29.2. The van der Waals surface area contributed by atoms with Crippen molar-refractivity contribution in [3.05, 3.63) is 0 Å². The molecular formula is C16H28N2O3. The highest BCUT2D eigenvalue weighted by Gasteiger charge is 2.49. The molecular weight excluding hydrogens is 268 g/mol. The molecule has 0 spiro atoms. The highest BCUT2D eigenvalue weighted by Crippen LogP contribution is 2.42. The Labute approximate surface area is 127 Å². The maximum Gasteiger partial charge on any atom is 0.326 e. The minimum absolute atomic E-state index is 0.110. The van der Waals surface area contributed by atoms with Crippen molar-refractivity contribution in [2.45, 2.75) is 70.9 Å². The Morgan fingerprint density at radius 3 is 2.76 bits per heavy atom. The molecule has 1 heterocycles. The summed E-state index contributed by atoms with van der Waals surface area (Å²) in [5.74, 6) is -0.311. The summed E-state index contributed by atoms with van der Waals surface area (Å²) in [7, 11) is 0. The number of aliphatic carboxylic acids is 1. The average Bonchev–Trinajstić information content (AvgIpc) is 2.97. The molecule has 2 N–H and O–H groups in total. The van der Waals surface area contributed by atoms with Gasteiger partial charge in [0.15, 0.2) is 0 Å². The topological polar surface area (TPSA) is 69.6 Å². The number of nitrogens with one attached hydrogen (secondary N) is 1. The Balaban J connectivity index is 1.90. The second-order valence-electron chi connectivity index (χ2n) is 6.64. The first kappa shape index (κ1) is 16.1. The lowest BCUT2D eigenvalue weighted by Crippen LogP contribution is -2.50. The summed E-state index contributed by atoms with van der Waals surface area (Å²) >= 11 is 0. The molecule has 1 aliphatic carbocycles. The Morgan fingerprint density at radius 1 is 1.33 bits per heavy atom. The number of likely N-dealkylation sites (tertiary alicyclic amines) is 1. The van der Waals surface area contributed by atoms with E-state index in [2.05, 4.69) is 12.2 Å². The predicted octanol–water partition coefficient (Wildman–Crippen LogP) is 2.85. The van der Waals surface area contributed by atoms with Crippen LogP contribution in [0.1, 0.15) is 58.8 Å². The lowest BCUT2D eigenvalue weighted by molar-refractivity contribution is -0.142. The number of carbonyl (C=O) groups excluding carboxylic acids is 1. The minimum Gasteiger partial charge on any atom is -0.480 e. The Morgan fingerprint density at radius 2 is 2.10 bits per heavy atom. The van der Waals surface area contributed by atoms with Gasteiger partial charge in [0, 0.05) is 12.6 Å². The van der Waals surface area contributed by atoms with Gasteiger partial charge in [0.05, 0.1) is 0 Å². The molecule has 2 aliphatic rings. The van der Waals surface area contributed by atoms with Gasteiger partial charge in [-0.25, -0.2) is 9.59 Å². The molecule has 120 valence electrons. The molecule has 0 radical (unpaired) electrons. The van der Waals surface area contributed by atoms with E-state index in [4.69, 9.17) is 0 Å². The summed E-state index contributed by atoms with van der Waals surface area (Å²) in [6.45, 7) is 4.76. The van der Waals surface area contributed by atoms with Crippen molar-refractivity contribution >= 4 is 12.0 Å². The smallest absolute Gasteiger partial charge is 0.326 e. The molecule has 0 aromatic heterocycles. The maximum absolute atomic E-state index is 12.4. The van der Waals surface area contributed by atoms with E-state index in [1.807, 2.05) is 6.92 Å². The zero-order valence-corrected chi connectivity index (χ0v) is 13.2. The fourth-order valence-corrected chi connectivity index (χ4v) is 3.90. The van der Waals surface area contributed by atoms with Crippen molar-refractivity contribution in [2.24, 2.45) is 11.8 Å². The van der Waals surface area contributed by atoms with Crippen molar-refractivity contribution in [3.63, 3.8) is 0 Å². The SMILES string of the molecule is CCCCCC(C)NC(=O)N1CC2CCCC2C1C(=O)O. The molecule has 2 rings (SSSR count). The Kier molecular flexibility index (Phi) is 5.48. The second-order valence-corrected chi connectivity index (χ2v) is 6.64. The number of hydrogen-bond donors (Lipinski definition) is 2. The average molecular weight is 296 g/mol. The third kappa shape index (κ3) is 3.69. The van der Waals surface area contributed by atoms with Crippen LogP contribution in [0.2, 0.25) is 0 Å². The summed E-state index contributed by atoms with van der Waals surface area (Å²) in [6, 6.07) is -0.708. The molecule has 4 unspecified atom stereocenters. The first-order valence-electron chi connectivity index (χ1n) is 8.34. The van der Waals surface area contributed by atoms with Gasteiger partial charge in [0.2, 0.25) is 0 Å². The molecule has 0 bridgehead atoms. The largest absolute Gasteiger partial charge is 0.480 e. The number of fused-ring (bicyclic) bond motifs is 1. The zero-order valence-electron chi connectivity index (χ0n) is 13.2. The monoisotopic (exact) mass is 296 g/mol. The number of unbranched alkanes of at least 4 members (excludes halogenated alkanes) is 2. The van der Waals surface area contributed by atoms with E-state index in [-0.39, 0.29) is 18.0 Å². The van der Waals surface area contributed by atoms with E-state index in [1.54, 1.807) is 4.90 Å². The summed E-state index contributed by atoms with van der Waals surface area (Å²) < 4.78 is 0.